The fraction of sp³-hybridized carbons (Fsp3) is 0.571. The number of aromatic nitrogens is 1. The highest BCUT2D eigenvalue weighted by Crippen LogP contribution is 2.20. The minimum absolute atomic E-state index is 0.0307. The standard InChI is InChI=1S/C14H21ClN2O/c1-5-10(3)17(11(4)6-2)14(18)12-8-7-9-16-13(12)15/h7-11H,5-6H2,1-4H3. The average molecular weight is 269 g/mol. The minimum Gasteiger partial charge on any atom is -0.333 e. The van der Waals surface area contributed by atoms with Crippen LogP contribution in [0.2, 0.25) is 5.15 Å². The fourth-order valence-electron chi connectivity index (χ4n) is 1.91. The maximum Gasteiger partial charge on any atom is 0.257 e. The third kappa shape index (κ3) is 3.22. The molecule has 3 nitrogen and oxygen atoms in total. The second-order valence-corrected chi connectivity index (χ2v) is 4.93. The van der Waals surface area contributed by atoms with Crippen molar-refractivity contribution in [3.8, 4) is 0 Å². The van der Waals surface area contributed by atoms with Crippen LogP contribution >= 0.6 is 11.6 Å². The van der Waals surface area contributed by atoms with Gasteiger partial charge in [-0.3, -0.25) is 4.79 Å². The summed E-state index contributed by atoms with van der Waals surface area (Å²) in [7, 11) is 0. The maximum atomic E-state index is 12.6. The van der Waals surface area contributed by atoms with Crippen LogP contribution in [-0.4, -0.2) is 27.9 Å². The van der Waals surface area contributed by atoms with Gasteiger partial charge in [0.25, 0.3) is 5.91 Å². The number of halogens is 1. The number of carbonyl (C=O) groups excluding carboxylic acids is 1. The molecule has 18 heavy (non-hydrogen) atoms. The summed E-state index contributed by atoms with van der Waals surface area (Å²) in [6, 6.07) is 3.87. The molecular formula is C14H21ClN2O. The van der Waals surface area contributed by atoms with E-state index >= 15 is 0 Å². The highest BCUT2D eigenvalue weighted by Gasteiger charge is 2.26. The van der Waals surface area contributed by atoms with E-state index in [1.807, 2.05) is 4.90 Å². The molecule has 1 heterocycles. The van der Waals surface area contributed by atoms with E-state index in [1.165, 1.54) is 0 Å². The van der Waals surface area contributed by atoms with E-state index in [1.54, 1.807) is 18.3 Å². The molecule has 1 rings (SSSR count). The van der Waals surface area contributed by atoms with E-state index in [0.717, 1.165) is 12.8 Å². The SMILES string of the molecule is CCC(C)N(C(=O)c1cccnc1Cl)C(C)CC. The molecule has 2 atom stereocenters. The van der Waals surface area contributed by atoms with Crippen molar-refractivity contribution in [3.05, 3.63) is 29.0 Å². The van der Waals surface area contributed by atoms with E-state index in [4.69, 9.17) is 11.6 Å². The van der Waals surface area contributed by atoms with E-state index < -0.39 is 0 Å². The normalized spacial score (nSPS) is 14.1. The van der Waals surface area contributed by atoms with Crippen molar-refractivity contribution in [2.24, 2.45) is 0 Å². The van der Waals surface area contributed by atoms with Crippen molar-refractivity contribution in [1.29, 1.82) is 0 Å². The summed E-state index contributed by atoms with van der Waals surface area (Å²) in [6.45, 7) is 8.29. The largest absolute Gasteiger partial charge is 0.333 e. The molecule has 1 amide bonds. The maximum absolute atomic E-state index is 12.6. The first kappa shape index (κ1) is 15.0. The van der Waals surface area contributed by atoms with Gasteiger partial charge in [0.1, 0.15) is 5.15 Å². The lowest BCUT2D eigenvalue weighted by Gasteiger charge is -2.34. The lowest BCUT2D eigenvalue weighted by atomic mass is 10.1. The van der Waals surface area contributed by atoms with Crippen LogP contribution in [0, 0.1) is 0 Å². The Labute approximate surface area is 114 Å². The number of carbonyl (C=O) groups is 1. The Kier molecular flexibility index (Phi) is 5.60. The second kappa shape index (κ2) is 6.74. The van der Waals surface area contributed by atoms with Gasteiger partial charge in [-0.1, -0.05) is 25.4 Å². The summed E-state index contributed by atoms with van der Waals surface area (Å²) in [4.78, 5) is 18.4. The summed E-state index contributed by atoms with van der Waals surface area (Å²) >= 11 is 6.00. The van der Waals surface area contributed by atoms with Gasteiger partial charge in [-0.25, -0.2) is 4.98 Å². The molecule has 0 N–H and O–H groups in total. The van der Waals surface area contributed by atoms with Crippen molar-refractivity contribution in [2.45, 2.75) is 52.6 Å². The number of rotatable bonds is 5. The third-order valence-electron chi connectivity index (χ3n) is 3.36. The quantitative estimate of drug-likeness (QED) is 0.762. The molecule has 0 radical (unpaired) electrons. The predicted octanol–water partition coefficient (Wildman–Crippen LogP) is 3.77. The first-order chi connectivity index (χ1) is 8.52. The molecule has 1 aromatic rings. The van der Waals surface area contributed by atoms with Gasteiger partial charge in [0.05, 0.1) is 5.56 Å². The first-order valence-electron chi connectivity index (χ1n) is 6.46. The summed E-state index contributed by atoms with van der Waals surface area (Å²) in [6.07, 6.45) is 3.44. The monoisotopic (exact) mass is 268 g/mol. The van der Waals surface area contributed by atoms with E-state index in [2.05, 4.69) is 32.7 Å². The molecule has 100 valence electrons. The average Bonchev–Trinajstić information content (AvgIpc) is 2.38. The Balaban J connectivity index is 3.07. The molecule has 0 aliphatic carbocycles. The van der Waals surface area contributed by atoms with Crippen molar-refractivity contribution >= 4 is 17.5 Å². The van der Waals surface area contributed by atoms with Crippen LogP contribution in [0.5, 0.6) is 0 Å². The van der Waals surface area contributed by atoms with Gasteiger partial charge >= 0.3 is 0 Å². The number of pyridine rings is 1. The Morgan fingerprint density at radius 1 is 1.33 bits per heavy atom. The molecule has 2 unspecified atom stereocenters. The van der Waals surface area contributed by atoms with Crippen molar-refractivity contribution in [3.63, 3.8) is 0 Å². The van der Waals surface area contributed by atoms with Gasteiger partial charge in [0.2, 0.25) is 0 Å². The van der Waals surface area contributed by atoms with Crippen LogP contribution < -0.4 is 0 Å². The Hall–Kier alpha value is -1.09. The van der Waals surface area contributed by atoms with Gasteiger partial charge in [-0.15, -0.1) is 0 Å². The number of hydrogen-bond donors (Lipinski definition) is 0. The van der Waals surface area contributed by atoms with Crippen molar-refractivity contribution in [2.75, 3.05) is 0 Å². The molecule has 0 aromatic carbocycles. The lowest BCUT2D eigenvalue weighted by Crippen LogP contribution is -2.44. The predicted molar refractivity (Wildman–Crippen MR) is 74.9 cm³/mol. The molecule has 0 spiro atoms. The highest BCUT2D eigenvalue weighted by molar-refractivity contribution is 6.32. The molecule has 0 saturated heterocycles. The van der Waals surface area contributed by atoms with Crippen molar-refractivity contribution in [1.82, 2.24) is 9.88 Å². The zero-order valence-electron chi connectivity index (χ0n) is 11.5. The molecule has 4 heteroatoms. The molecule has 0 aliphatic rings. The van der Waals surface area contributed by atoms with E-state index in [9.17, 15) is 4.79 Å². The van der Waals surface area contributed by atoms with Crippen molar-refractivity contribution < 1.29 is 4.79 Å². The molecule has 1 aromatic heterocycles. The summed E-state index contributed by atoms with van der Waals surface area (Å²) in [5, 5.41) is 0.277. The first-order valence-corrected chi connectivity index (χ1v) is 6.83. The minimum atomic E-state index is -0.0307. The van der Waals surface area contributed by atoms with Crippen LogP contribution in [-0.2, 0) is 0 Å². The summed E-state index contributed by atoms with van der Waals surface area (Å²) in [5.41, 5.74) is 0.486. The van der Waals surface area contributed by atoms with Gasteiger partial charge < -0.3 is 4.90 Å². The zero-order chi connectivity index (χ0) is 13.7. The summed E-state index contributed by atoms with van der Waals surface area (Å²) < 4.78 is 0. The molecule has 0 aliphatic heterocycles. The summed E-state index contributed by atoms with van der Waals surface area (Å²) in [5.74, 6) is -0.0307. The Bertz CT molecular complexity index is 399. The molecule has 0 bridgehead atoms. The fourth-order valence-corrected chi connectivity index (χ4v) is 2.11. The smallest absolute Gasteiger partial charge is 0.257 e. The van der Waals surface area contributed by atoms with Crippen LogP contribution in [0.1, 0.15) is 50.9 Å². The second-order valence-electron chi connectivity index (χ2n) is 4.57. The van der Waals surface area contributed by atoms with Gasteiger partial charge in [-0.2, -0.15) is 0 Å². The number of amides is 1. The van der Waals surface area contributed by atoms with Crippen LogP contribution in [0.4, 0.5) is 0 Å². The van der Waals surface area contributed by atoms with E-state index in [-0.39, 0.29) is 23.1 Å². The van der Waals surface area contributed by atoms with Crippen LogP contribution in [0.3, 0.4) is 0 Å². The number of nitrogens with zero attached hydrogens (tertiary/aromatic N) is 2. The van der Waals surface area contributed by atoms with Crippen LogP contribution in [0.25, 0.3) is 0 Å². The topological polar surface area (TPSA) is 33.2 Å². The Morgan fingerprint density at radius 3 is 2.33 bits per heavy atom. The Morgan fingerprint density at radius 2 is 1.89 bits per heavy atom. The van der Waals surface area contributed by atoms with Gasteiger partial charge in [0, 0.05) is 18.3 Å². The molecule has 0 saturated carbocycles. The number of hydrogen-bond acceptors (Lipinski definition) is 2. The van der Waals surface area contributed by atoms with Gasteiger partial charge in [0.15, 0.2) is 0 Å². The third-order valence-corrected chi connectivity index (χ3v) is 3.66. The molecular weight excluding hydrogens is 248 g/mol. The molecule has 0 fully saturated rings. The van der Waals surface area contributed by atoms with E-state index in [0.29, 0.717) is 5.56 Å². The van der Waals surface area contributed by atoms with Gasteiger partial charge in [-0.05, 0) is 38.8 Å². The lowest BCUT2D eigenvalue weighted by molar-refractivity contribution is 0.0598. The highest BCUT2D eigenvalue weighted by atomic mass is 35.5. The zero-order valence-corrected chi connectivity index (χ0v) is 12.2. The van der Waals surface area contributed by atoms with Crippen LogP contribution in [0.15, 0.2) is 18.3 Å².